The van der Waals surface area contributed by atoms with E-state index in [0.717, 1.165) is 6.42 Å². The van der Waals surface area contributed by atoms with E-state index in [4.69, 9.17) is 0 Å². The van der Waals surface area contributed by atoms with Gasteiger partial charge in [0, 0.05) is 15.8 Å². The van der Waals surface area contributed by atoms with Crippen LogP contribution in [0.2, 0.25) is 0 Å². The van der Waals surface area contributed by atoms with Gasteiger partial charge in [-0.3, -0.25) is 0 Å². The quantitative estimate of drug-likeness (QED) is 0.745. The SMILES string of the molecule is CC(C)CC(CBr)NS(=O)(=O)c1ccccc1Br. The summed E-state index contributed by atoms with van der Waals surface area (Å²) in [6, 6.07) is 6.72. The molecule has 0 aromatic heterocycles. The Morgan fingerprint density at radius 1 is 1.28 bits per heavy atom. The molecule has 0 saturated carbocycles. The Hall–Kier alpha value is 0.0900. The van der Waals surface area contributed by atoms with Gasteiger partial charge >= 0.3 is 0 Å². The molecule has 0 heterocycles. The van der Waals surface area contributed by atoms with Gasteiger partial charge in [-0.2, -0.15) is 0 Å². The Kier molecular flexibility index (Phi) is 6.30. The first-order valence-corrected chi connectivity index (χ1v) is 9.09. The molecule has 0 amide bonds. The summed E-state index contributed by atoms with van der Waals surface area (Å²) in [6.07, 6.45) is 0.801. The van der Waals surface area contributed by atoms with Crippen molar-refractivity contribution in [3.63, 3.8) is 0 Å². The number of alkyl halides is 1. The van der Waals surface area contributed by atoms with Crippen LogP contribution in [0.3, 0.4) is 0 Å². The van der Waals surface area contributed by atoms with Crippen molar-refractivity contribution in [2.24, 2.45) is 5.92 Å². The smallest absolute Gasteiger partial charge is 0.207 e. The van der Waals surface area contributed by atoms with Crippen LogP contribution in [-0.2, 0) is 10.0 Å². The van der Waals surface area contributed by atoms with Crippen molar-refractivity contribution >= 4 is 41.9 Å². The van der Waals surface area contributed by atoms with Gasteiger partial charge in [-0.1, -0.05) is 41.9 Å². The van der Waals surface area contributed by atoms with E-state index in [1.54, 1.807) is 24.3 Å². The van der Waals surface area contributed by atoms with E-state index in [1.165, 1.54) is 0 Å². The highest BCUT2D eigenvalue weighted by atomic mass is 79.9. The summed E-state index contributed by atoms with van der Waals surface area (Å²) in [4.78, 5) is 0.278. The van der Waals surface area contributed by atoms with Gasteiger partial charge in [-0.15, -0.1) is 0 Å². The minimum absolute atomic E-state index is 0.0953. The minimum atomic E-state index is -3.47. The van der Waals surface area contributed by atoms with Crippen LogP contribution in [0.25, 0.3) is 0 Å². The summed E-state index contributed by atoms with van der Waals surface area (Å²) in [5.74, 6) is 0.439. The molecule has 0 saturated heterocycles. The Balaban J connectivity index is 2.91. The standard InChI is InChI=1S/C12H17Br2NO2S/c1-9(2)7-10(8-13)15-18(16,17)12-6-4-3-5-11(12)14/h3-6,9-10,15H,7-8H2,1-2H3. The molecule has 1 atom stereocenters. The molecule has 102 valence electrons. The van der Waals surface area contributed by atoms with Gasteiger partial charge in [-0.05, 0) is 40.4 Å². The van der Waals surface area contributed by atoms with Crippen molar-refractivity contribution in [3.8, 4) is 0 Å². The summed E-state index contributed by atoms with van der Waals surface area (Å²) < 4.78 is 27.8. The highest BCUT2D eigenvalue weighted by molar-refractivity contribution is 9.10. The molecule has 0 aliphatic rings. The van der Waals surface area contributed by atoms with Crippen molar-refractivity contribution in [3.05, 3.63) is 28.7 Å². The van der Waals surface area contributed by atoms with Gasteiger partial charge in [-0.25, -0.2) is 13.1 Å². The van der Waals surface area contributed by atoms with Crippen molar-refractivity contribution in [1.82, 2.24) is 4.72 Å². The number of nitrogens with one attached hydrogen (secondary N) is 1. The zero-order valence-corrected chi connectivity index (χ0v) is 14.3. The fraction of sp³-hybridized carbons (Fsp3) is 0.500. The zero-order chi connectivity index (χ0) is 13.8. The molecule has 0 aliphatic carbocycles. The van der Waals surface area contributed by atoms with Gasteiger partial charge in [0.25, 0.3) is 0 Å². The second-order valence-electron chi connectivity index (χ2n) is 4.53. The summed E-state index contributed by atoms with van der Waals surface area (Å²) in [7, 11) is -3.47. The maximum Gasteiger partial charge on any atom is 0.241 e. The molecule has 0 radical (unpaired) electrons. The fourth-order valence-corrected chi connectivity index (χ4v) is 4.55. The van der Waals surface area contributed by atoms with Crippen LogP contribution in [0.15, 0.2) is 33.6 Å². The first-order valence-electron chi connectivity index (χ1n) is 5.69. The Bertz CT molecular complexity index is 489. The number of benzene rings is 1. The average molecular weight is 399 g/mol. The van der Waals surface area contributed by atoms with E-state index in [9.17, 15) is 8.42 Å². The number of hydrogen-bond acceptors (Lipinski definition) is 2. The molecule has 1 unspecified atom stereocenters. The predicted molar refractivity (Wildman–Crippen MR) is 81.5 cm³/mol. The Labute approximate surface area is 126 Å². The monoisotopic (exact) mass is 397 g/mol. The van der Waals surface area contributed by atoms with E-state index in [1.807, 2.05) is 0 Å². The molecule has 18 heavy (non-hydrogen) atoms. The van der Waals surface area contributed by atoms with E-state index < -0.39 is 10.0 Å². The number of sulfonamides is 1. The van der Waals surface area contributed by atoms with E-state index in [-0.39, 0.29) is 10.9 Å². The fourth-order valence-electron chi connectivity index (χ4n) is 1.66. The molecule has 6 heteroatoms. The molecule has 0 spiro atoms. The van der Waals surface area contributed by atoms with Gasteiger partial charge in [0.1, 0.15) is 0 Å². The number of halogens is 2. The van der Waals surface area contributed by atoms with E-state index in [0.29, 0.717) is 15.7 Å². The zero-order valence-electron chi connectivity index (χ0n) is 10.4. The highest BCUT2D eigenvalue weighted by Crippen LogP contribution is 2.22. The molecule has 0 bridgehead atoms. The molecular formula is C12H17Br2NO2S. The summed E-state index contributed by atoms with van der Waals surface area (Å²) in [5.41, 5.74) is 0. The molecule has 0 aliphatic heterocycles. The molecular weight excluding hydrogens is 382 g/mol. The van der Waals surface area contributed by atoms with Crippen molar-refractivity contribution in [2.75, 3.05) is 5.33 Å². The van der Waals surface area contributed by atoms with Crippen molar-refractivity contribution < 1.29 is 8.42 Å². The maximum absolute atomic E-state index is 12.2. The van der Waals surface area contributed by atoms with Crippen LogP contribution in [0.1, 0.15) is 20.3 Å². The Morgan fingerprint density at radius 2 is 1.89 bits per heavy atom. The summed E-state index contributed by atoms with van der Waals surface area (Å²) >= 11 is 6.61. The van der Waals surface area contributed by atoms with Crippen LogP contribution >= 0.6 is 31.9 Å². The lowest BCUT2D eigenvalue weighted by Gasteiger charge is -2.18. The molecule has 1 aromatic rings. The lowest BCUT2D eigenvalue weighted by molar-refractivity contribution is 0.488. The third-order valence-electron chi connectivity index (χ3n) is 2.39. The third kappa shape index (κ3) is 4.64. The topological polar surface area (TPSA) is 46.2 Å². The minimum Gasteiger partial charge on any atom is -0.207 e. The normalized spacial score (nSPS) is 13.8. The van der Waals surface area contributed by atoms with Gasteiger partial charge in [0.2, 0.25) is 10.0 Å². The third-order valence-corrected chi connectivity index (χ3v) is 5.70. The first-order chi connectivity index (χ1) is 8.36. The number of hydrogen-bond donors (Lipinski definition) is 1. The molecule has 1 aromatic carbocycles. The lowest BCUT2D eigenvalue weighted by atomic mass is 10.1. The lowest BCUT2D eigenvalue weighted by Crippen LogP contribution is -2.37. The summed E-state index contributed by atoms with van der Waals surface area (Å²) in [6.45, 7) is 4.14. The van der Waals surface area contributed by atoms with Crippen molar-refractivity contribution in [2.45, 2.75) is 31.2 Å². The predicted octanol–water partition coefficient (Wildman–Crippen LogP) is 3.54. The van der Waals surface area contributed by atoms with E-state index in [2.05, 4.69) is 50.4 Å². The van der Waals surface area contributed by atoms with E-state index >= 15 is 0 Å². The Morgan fingerprint density at radius 3 is 2.39 bits per heavy atom. The van der Waals surface area contributed by atoms with Crippen molar-refractivity contribution in [1.29, 1.82) is 0 Å². The van der Waals surface area contributed by atoms with Crippen LogP contribution in [-0.4, -0.2) is 19.8 Å². The second kappa shape index (κ2) is 7.03. The average Bonchev–Trinajstić information content (AvgIpc) is 2.27. The molecule has 0 fully saturated rings. The molecule has 3 nitrogen and oxygen atoms in total. The van der Waals surface area contributed by atoms with Crippen LogP contribution in [0.4, 0.5) is 0 Å². The molecule has 1 N–H and O–H groups in total. The van der Waals surface area contributed by atoms with Gasteiger partial charge < -0.3 is 0 Å². The van der Waals surface area contributed by atoms with Crippen LogP contribution in [0.5, 0.6) is 0 Å². The van der Waals surface area contributed by atoms with Gasteiger partial charge in [0.15, 0.2) is 0 Å². The summed E-state index contributed by atoms with van der Waals surface area (Å²) in [5, 5.41) is 0.606. The molecule has 1 rings (SSSR count). The van der Waals surface area contributed by atoms with Gasteiger partial charge in [0.05, 0.1) is 4.90 Å². The first kappa shape index (κ1) is 16.1. The van der Waals surface area contributed by atoms with Crippen LogP contribution < -0.4 is 4.72 Å². The highest BCUT2D eigenvalue weighted by Gasteiger charge is 2.21. The number of rotatable bonds is 6. The second-order valence-corrected chi connectivity index (χ2v) is 7.72. The van der Waals surface area contributed by atoms with Crippen LogP contribution in [0, 0.1) is 5.92 Å². The maximum atomic E-state index is 12.2. The largest absolute Gasteiger partial charge is 0.241 e.